The van der Waals surface area contributed by atoms with Crippen LogP contribution in [0.2, 0.25) is 0 Å². The fourth-order valence-electron chi connectivity index (χ4n) is 0.938. The van der Waals surface area contributed by atoms with Crippen molar-refractivity contribution in [2.45, 2.75) is 41.5 Å². The number of alkyl halides is 4. The van der Waals surface area contributed by atoms with Crippen molar-refractivity contribution in [2.75, 3.05) is 10.7 Å². The van der Waals surface area contributed by atoms with Gasteiger partial charge in [-0.1, -0.05) is 18.2 Å². The molecule has 0 aliphatic carbocycles. The first kappa shape index (κ1) is 118. The topological polar surface area (TPSA) is 460 Å². The Balaban J connectivity index is -0.0000000206. The van der Waals surface area contributed by atoms with E-state index in [4.69, 9.17) is 121 Å². The standard InChI is InChI=1S/3C5H5N.6C2H4O2.2CH2Cl2.4Co.Mn.NO3.4O/c3*1-2-4-6-5-3-1;6*1-2(3)4;2*2-1-3;;;;;;2-1(3)4;;;;/h3*1-5H;6*1H3,(H,3,4);2*1H2;;;;;;;;;;/q;;;;;;;;;;;5*+3;-1;4*-2/p-6. The first-order valence-electron chi connectivity index (χ1n) is 12.6. The Kier molecular flexibility index (Phi) is 239. The maximum absolute atomic E-state index is 8.89. The molecule has 23 nitrogen and oxygen atoms in total. The molecule has 0 spiro atoms. The Hall–Kier alpha value is -2.98. The summed E-state index contributed by atoms with van der Waals surface area (Å²) in [5.41, 5.74) is 0. The molecule has 3 aromatic rings. The Bertz CT molecular complexity index is 894. The molecule has 0 saturated carbocycles. The van der Waals surface area contributed by atoms with Gasteiger partial charge >= 0.3 is 84.2 Å². The van der Waals surface area contributed by atoms with Gasteiger partial charge in [-0.25, -0.2) is 0 Å². The molecule has 3 heterocycles. The number of hydrogen-bond donors (Lipinski definition) is 0. The molecule has 0 atom stereocenters. The van der Waals surface area contributed by atoms with Crippen LogP contribution in [-0.4, -0.2) is 66.5 Å². The molecule has 0 amide bonds. The van der Waals surface area contributed by atoms with Gasteiger partial charge in [-0.2, -0.15) is 0 Å². The number of rotatable bonds is 0. The minimum absolute atomic E-state index is 0. The van der Waals surface area contributed by atoms with E-state index in [1.807, 2.05) is 54.6 Å². The Morgan fingerprint density at radius 3 is 0.475 bits per heavy atom. The predicted octanol–water partition coefficient (Wildman–Crippen LogP) is -2.10. The number of carboxylic acids is 6. The minimum atomic E-state index is -1.75. The normalized spacial score (nSPS) is 5.80. The SMILES string of the molecule is CC(=O)[O-].CC(=O)[O-].CC(=O)[O-].CC(=O)[O-].CC(=O)[O-].CC(=O)[O-].ClCCl.ClCCl.O=[N+]([O-])[O-].[Co+3].[Co+3].[Co+3].[Co+3].[Mn+3].[O-2].[O-2].[O-2].[O-2].c1ccncc1.c1ccncc1.c1ccncc1. The molecule has 0 aliphatic heterocycles. The molecule has 32 heteroatoms. The summed E-state index contributed by atoms with van der Waals surface area (Å²) in [7, 11) is 0. The molecule has 358 valence electrons. The van der Waals surface area contributed by atoms with E-state index in [0.717, 1.165) is 41.5 Å². The Morgan fingerprint density at radius 1 is 0.393 bits per heavy atom. The minimum Gasteiger partial charge on any atom is -2.00 e. The van der Waals surface area contributed by atoms with Crippen molar-refractivity contribution in [2.24, 2.45) is 0 Å². The van der Waals surface area contributed by atoms with Gasteiger partial charge in [-0.3, -0.25) is 15.0 Å². The quantitative estimate of drug-likeness (QED) is 0.101. The van der Waals surface area contributed by atoms with Crippen molar-refractivity contribution < 1.29 is 171 Å². The molecule has 61 heavy (non-hydrogen) atoms. The number of carboxylic acid groups (broad SMARTS) is 6. The number of carbonyl (C=O) groups excluding carboxylic acids is 6. The number of halogens is 4. The number of aliphatic carboxylic acids is 6. The van der Waals surface area contributed by atoms with Crippen molar-refractivity contribution in [3.8, 4) is 0 Å². The van der Waals surface area contributed by atoms with E-state index in [0.29, 0.717) is 0 Å². The van der Waals surface area contributed by atoms with Crippen LogP contribution < -0.4 is 30.6 Å². The molecule has 0 unspecified atom stereocenters. The van der Waals surface area contributed by atoms with E-state index >= 15 is 0 Å². The average molecular weight is 1180 g/mol. The summed E-state index contributed by atoms with van der Waals surface area (Å²) in [6, 6.07) is 17.1. The molecule has 3 rings (SSSR count). The third-order valence-corrected chi connectivity index (χ3v) is 1.70. The summed E-state index contributed by atoms with van der Waals surface area (Å²) < 4.78 is 0. The third kappa shape index (κ3) is 765. The van der Waals surface area contributed by atoms with Gasteiger partial charge in [0.15, 0.2) is 0 Å². The van der Waals surface area contributed by atoms with Gasteiger partial charge in [0.1, 0.15) is 0 Å². The van der Waals surface area contributed by atoms with Crippen LogP contribution in [-0.2, 0) is 135 Å². The molecule has 0 radical (unpaired) electrons. The number of carbonyl (C=O) groups is 6. The fraction of sp³-hybridized carbons (Fsp3) is 0.276. The van der Waals surface area contributed by atoms with Crippen LogP contribution in [0.4, 0.5) is 0 Å². The molecule has 0 fully saturated rings. The Labute approximate surface area is 424 Å². The molecule has 0 saturated heterocycles. The smallest absolute Gasteiger partial charge is 2.00 e. The maximum atomic E-state index is 8.89. The van der Waals surface area contributed by atoms with Crippen molar-refractivity contribution in [1.82, 2.24) is 15.0 Å². The van der Waals surface area contributed by atoms with Crippen molar-refractivity contribution >= 4 is 82.2 Å². The van der Waals surface area contributed by atoms with E-state index in [-0.39, 0.29) is 117 Å². The second-order valence-electron chi connectivity index (χ2n) is 6.45. The van der Waals surface area contributed by atoms with Gasteiger partial charge in [-0.05, 0) is 77.9 Å². The van der Waals surface area contributed by atoms with Crippen LogP contribution in [0.1, 0.15) is 41.5 Å². The zero-order chi connectivity index (χ0) is 43.2. The van der Waals surface area contributed by atoms with Gasteiger partial charge in [-0.15, -0.1) is 46.4 Å². The summed E-state index contributed by atoms with van der Waals surface area (Å²) >= 11 is 19.1. The van der Waals surface area contributed by atoms with Gasteiger partial charge in [0, 0.05) is 73.0 Å². The van der Waals surface area contributed by atoms with E-state index in [1.54, 1.807) is 37.2 Å². The van der Waals surface area contributed by atoms with Gasteiger partial charge in [0.2, 0.25) is 0 Å². The Morgan fingerprint density at radius 2 is 0.459 bits per heavy atom. The largest absolute Gasteiger partial charge is 3.00 e. The number of nitrogens with zero attached hydrogens (tertiary/aromatic N) is 4. The molecular weight excluding hydrogens is 1140 g/mol. The van der Waals surface area contributed by atoms with E-state index in [9.17, 15) is 0 Å². The molecule has 0 bridgehead atoms. The van der Waals surface area contributed by atoms with Crippen LogP contribution in [0.5, 0.6) is 0 Å². The summed E-state index contributed by atoms with van der Waals surface area (Å²) in [5.74, 6) is -6.50. The zero-order valence-electron chi connectivity index (χ0n) is 31.8. The van der Waals surface area contributed by atoms with Crippen LogP contribution in [0.3, 0.4) is 0 Å². The molecule has 0 aliphatic rings. The van der Waals surface area contributed by atoms with Gasteiger partial charge in [0.25, 0.3) is 0 Å². The molecule has 0 N–H and O–H groups in total. The number of hydrogen-bond acceptors (Lipinski definition) is 18. The zero-order valence-corrected chi connectivity index (χ0v) is 40.2. The predicted molar refractivity (Wildman–Crippen MR) is 183 cm³/mol. The summed E-state index contributed by atoms with van der Waals surface area (Å²) in [6.45, 7) is 5.83. The van der Waals surface area contributed by atoms with Gasteiger partial charge < -0.3 is 96.6 Å². The molecule has 0 aromatic carbocycles. The average Bonchev–Trinajstić information content (AvgIpc) is 2.99. The van der Waals surface area contributed by atoms with Crippen molar-refractivity contribution in [1.29, 1.82) is 0 Å². The number of aromatic nitrogens is 3. The summed E-state index contributed by atoms with van der Waals surface area (Å²) in [6.07, 6.45) is 10.5. The second kappa shape index (κ2) is 124. The van der Waals surface area contributed by atoms with Gasteiger partial charge in [0.05, 0.1) is 15.8 Å². The first-order chi connectivity index (χ1) is 24.0. The second-order valence-corrected chi connectivity index (χ2v) is 8.07. The molecular formula is C29H37Cl4Co4MnN4O19. The summed E-state index contributed by atoms with van der Waals surface area (Å²) in [5, 5.41) is 68.5. The monoisotopic (exact) mass is 1180 g/mol. The van der Waals surface area contributed by atoms with E-state index in [2.05, 4.69) is 15.0 Å². The first-order valence-corrected chi connectivity index (χ1v) is 14.8. The summed E-state index contributed by atoms with van der Waals surface area (Å²) in [4.78, 5) is 72.9. The van der Waals surface area contributed by atoms with Crippen LogP contribution in [0.15, 0.2) is 91.8 Å². The van der Waals surface area contributed by atoms with Crippen LogP contribution >= 0.6 is 46.4 Å². The van der Waals surface area contributed by atoms with Crippen LogP contribution in [0.25, 0.3) is 0 Å². The van der Waals surface area contributed by atoms with Crippen molar-refractivity contribution in [3.63, 3.8) is 0 Å². The molecule has 3 aromatic heterocycles. The third-order valence-electron chi connectivity index (χ3n) is 1.70. The van der Waals surface area contributed by atoms with Crippen LogP contribution in [0, 0.1) is 15.3 Å². The van der Waals surface area contributed by atoms with Crippen molar-refractivity contribution in [3.05, 3.63) is 107 Å². The maximum Gasteiger partial charge on any atom is 3.00 e. The number of pyridine rings is 3. The van der Waals surface area contributed by atoms with E-state index < -0.39 is 40.9 Å². The fourth-order valence-corrected chi connectivity index (χ4v) is 0.938. The van der Waals surface area contributed by atoms with E-state index in [1.165, 1.54) is 0 Å².